The van der Waals surface area contributed by atoms with E-state index in [1.807, 2.05) is 81.4 Å². The summed E-state index contributed by atoms with van der Waals surface area (Å²) in [5.41, 5.74) is 4.66. The monoisotopic (exact) mass is 525 g/mol. The first-order valence-corrected chi connectivity index (χ1v) is 13.6. The van der Waals surface area contributed by atoms with E-state index in [-0.39, 0.29) is 42.6 Å². The van der Waals surface area contributed by atoms with E-state index in [0.29, 0.717) is 12.1 Å². The van der Waals surface area contributed by atoms with Crippen LogP contribution in [0.3, 0.4) is 0 Å². The van der Waals surface area contributed by atoms with E-state index < -0.39 is 18.2 Å². The Labute approximate surface area is 229 Å². The average molecular weight is 526 g/mol. The van der Waals surface area contributed by atoms with Gasteiger partial charge in [-0.3, -0.25) is 14.4 Å². The van der Waals surface area contributed by atoms with Gasteiger partial charge in [0.1, 0.15) is 12.1 Å². The van der Waals surface area contributed by atoms with Crippen LogP contribution in [0, 0.1) is 5.92 Å². The second kappa shape index (κ2) is 11.0. The molecule has 2 aliphatic heterocycles. The molecule has 1 fully saturated rings. The second-order valence-corrected chi connectivity index (χ2v) is 10.9. The SMILES string of the molecule is CC(C)[C@@H](C(=O)N1C[C@H](O)C[C@H]1C(=O)N[C@@H](C)c1ccc(-c2ccccc2)cc1)N1Cc2ccccc2C1=O. The summed E-state index contributed by atoms with van der Waals surface area (Å²) in [6.07, 6.45) is -0.639. The van der Waals surface area contributed by atoms with Gasteiger partial charge in [-0.2, -0.15) is 0 Å². The third-order valence-electron chi connectivity index (χ3n) is 7.81. The van der Waals surface area contributed by atoms with E-state index in [4.69, 9.17) is 0 Å². The summed E-state index contributed by atoms with van der Waals surface area (Å²) in [6, 6.07) is 23.7. The van der Waals surface area contributed by atoms with Gasteiger partial charge in [-0.05, 0) is 41.2 Å². The third-order valence-corrected chi connectivity index (χ3v) is 7.81. The maximum Gasteiger partial charge on any atom is 0.255 e. The highest BCUT2D eigenvalue weighted by molar-refractivity contribution is 6.01. The fraction of sp³-hybridized carbons (Fsp3) is 0.344. The molecule has 0 unspecified atom stereocenters. The molecule has 39 heavy (non-hydrogen) atoms. The van der Waals surface area contributed by atoms with Crippen LogP contribution in [0.1, 0.15) is 54.7 Å². The number of β-amino-alcohol motifs (C(OH)–C–C–N with tert-alkyl or cyclic N) is 1. The van der Waals surface area contributed by atoms with Gasteiger partial charge in [0.05, 0.1) is 12.1 Å². The Morgan fingerprint density at radius 1 is 0.897 bits per heavy atom. The minimum absolute atomic E-state index is 0.0648. The molecule has 7 heteroatoms. The zero-order valence-electron chi connectivity index (χ0n) is 22.6. The zero-order valence-corrected chi connectivity index (χ0v) is 22.6. The number of fused-ring (bicyclic) bond motifs is 1. The summed E-state index contributed by atoms with van der Waals surface area (Å²) in [4.78, 5) is 43.6. The molecule has 5 rings (SSSR count). The fourth-order valence-corrected chi connectivity index (χ4v) is 5.74. The van der Waals surface area contributed by atoms with Gasteiger partial charge in [-0.25, -0.2) is 0 Å². The molecule has 3 aromatic carbocycles. The minimum atomic E-state index is -0.806. The summed E-state index contributed by atoms with van der Waals surface area (Å²) in [6.45, 7) is 6.13. The van der Waals surface area contributed by atoms with Crippen molar-refractivity contribution in [1.82, 2.24) is 15.1 Å². The molecule has 202 valence electrons. The molecule has 0 radical (unpaired) electrons. The van der Waals surface area contributed by atoms with Crippen LogP contribution < -0.4 is 5.32 Å². The molecule has 2 N–H and O–H groups in total. The molecule has 7 nitrogen and oxygen atoms in total. The molecule has 3 amide bonds. The first-order valence-electron chi connectivity index (χ1n) is 13.6. The quantitative estimate of drug-likeness (QED) is 0.485. The number of likely N-dealkylation sites (tertiary alicyclic amines) is 1. The molecular weight excluding hydrogens is 490 g/mol. The van der Waals surface area contributed by atoms with Gasteiger partial charge in [-0.15, -0.1) is 0 Å². The molecule has 0 aliphatic carbocycles. The molecule has 2 aliphatic rings. The topological polar surface area (TPSA) is 89.9 Å². The summed E-state index contributed by atoms with van der Waals surface area (Å²) in [5.74, 6) is -0.953. The van der Waals surface area contributed by atoms with E-state index >= 15 is 0 Å². The predicted octanol–water partition coefficient (Wildman–Crippen LogP) is 4.17. The maximum atomic E-state index is 13.9. The van der Waals surface area contributed by atoms with Gasteiger partial charge in [0.15, 0.2) is 0 Å². The van der Waals surface area contributed by atoms with Crippen LogP contribution >= 0.6 is 0 Å². The number of aliphatic hydroxyl groups excluding tert-OH is 1. The highest BCUT2D eigenvalue weighted by atomic mass is 16.3. The van der Waals surface area contributed by atoms with Gasteiger partial charge in [0.2, 0.25) is 11.8 Å². The molecule has 0 aromatic heterocycles. The third kappa shape index (κ3) is 5.32. The Balaban J connectivity index is 1.30. The lowest BCUT2D eigenvalue weighted by Crippen LogP contribution is -2.55. The normalized spacial score (nSPS) is 20.2. The smallest absolute Gasteiger partial charge is 0.255 e. The van der Waals surface area contributed by atoms with E-state index in [0.717, 1.165) is 22.3 Å². The minimum Gasteiger partial charge on any atom is -0.391 e. The molecule has 4 atom stereocenters. The average Bonchev–Trinajstić information content (AvgIpc) is 3.49. The largest absolute Gasteiger partial charge is 0.391 e. The number of carbonyl (C=O) groups excluding carboxylic acids is 3. The van der Waals surface area contributed by atoms with E-state index in [1.54, 1.807) is 11.0 Å². The number of amides is 3. The van der Waals surface area contributed by atoms with Crippen molar-refractivity contribution in [3.8, 4) is 11.1 Å². The van der Waals surface area contributed by atoms with E-state index in [9.17, 15) is 19.5 Å². The van der Waals surface area contributed by atoms with Gasteiger partial charge >= 0.3 is 0 Å². The van der Waals surface area contributed by atoms with Crippen molar-refractivity contribution in [2.45, 2.75) is 58.0 Å². The summed E-state index contributed by atoms with van der Waals surface area (Å²) >= 11 is 0. The molecule has 0 spiro atoms. The van der Waals surface area contributed by atoms with Crippen LogP contribution in [0.15, 0.2) is 78.9 Å². The number of rotatable bonds is 7. The van der Waals surface area contributed by atoms with Crippen LogP contribution in [-0.4, -0.2) is 57.4 Å². The molecule has 0 bridgehead atoms. The van der Waals surface area contributed by atoms with Gasteiger partial charge in [0, 0.05) is 25.1 Å². The van der Waals surface area contributed by atoms with Crippen molar-refractivity contribution < 1.29 is 19.5 Å². The Morgan fingerprint density at radius 2 is 1.54 bits per heavy atom. The van der Waals surface area contributed by atoms with Gasteiger partial charge in [-0.1, -0.05) is 86.6 Å². The van der Waals surface area contributed by atoms with Crippen LogP contribution in [0.4, 0.5) is 0 Å². The number of hydrogen-bond donors (Lipinski definition) is 2. The van der Waals surface area contributed by atoms with Crippen molar-refractivity contribution in [3.05, 3.63) is 95.6 Å². The summed E-state index contributed by atoms with van der Waals surface area (Å²) in [5, 5.41) is 13.5. The lowest BCUT2D eigenvalue weighted by molar-refractivity contribution is -0.143. The number of carbonyl (C=O) groups is 3. The standard InChI is InChI=1S/C32H35N3O4/c1-20(2)29(35-18-25-11-7-8-12-27(25)31(35)38)32(39)34-19-26(36)17-28(34)30(37)33-21(3)22-13-15-24(16-14-22)23-9-5-4-6-10-23/h4-16,20-21,26,28-29,36H,17-19H2,1-3H3,(H,33,37)/t21-,26+,28-,29-/m0/s1. The fourth-order valence-electron chi connectivity index (χ4n) is 5.74. The number of nitrogens with zero attached hydrogens (tertiary/aromatic N) is 2. The molecular formula is C32H35N3O4. The van der Waals surface area contributed by atoms with E-state index in [1.165, 1.54) is 4.90 Å². The van der Waals surface area contributed by atoms with Crippen molar-refractivity contribution in [2.24, 2.45) is 5.92 Å². The van der Waals surface area contributed by atoms with Crippen LogP contribution in [-0.2, 0) is 16.1 Å². The number of aliphatic hydroxyl groups is 1. The summed E-state index contributed by atoms with van der Waals surface area (Å²) < 4.78 is 0. The first-order chi connectivity index (χ1) is 18.7. The second-order valence-electron chi connectivity index (χ2n) is 10.9. The number of benzene rings is 3. The number of hydrogen-bond acceptors (Lipinski definition) is 4. The Kier molecular flexibility index (Phi) is 7.53. The molecule has 3 aromatic rings. The Hall–Kier alpha value is -3.97. The number of nitrogens with one attached hydrogen (secondary N) is 1. The lowest BCUT2D eigenvalue weighted by atomic mass is 10.00. The molecule has 2 heterocycles. The first kappa shape index (κ1) is 26.6. The van der Waals surface area contributed by atoms with Crippen molar-refractivity contribution >= 4 is 17.7 Å². The van der Waals surface area contributed by atoms with Crippen molar-refractivity contribution in [2.75, 3.05) is 6.54 Å². The zero-order chi connectivity index (χ0) is 27.7. The van der Waals surface area contributed by atoms with Crippen LogP contribution in [0.25, 0.3) is 11.1 Å². The van der Waals surface area contributed by atoms with Crippen molar-refractivity contribution in [1.29, 1.82) is 0 Å². The predicted molar refractivity (Wildman–Crippen MR) is 150 cm³/mol. The highest BCUT2D eigenvalue weighted by Crippen LogP contribution is 2.30. The van der Waals surface area contributed by atoms with Crippen LogP contribution in [0.2, 0.25) is 0 Å². The highest BCUT2D eigenvalue weighted by Gasteiger charge is 2.46. The maximum absolute atomic E-state index is 13.9. The van der Waals surface area contributed by atoms with Gasteiger partial charge < -0.3 is 20.2 Å². The van der Waals surface area contributed by atoms with E-state index in [2.05, 4.69) is 17.4 Å². The van der Waals surface area contributed by atoms with Gasteiger partial charge in [0.25, 0.3) is 5.91 Å². The van der Waals surface area contributed by atoms with Crippen molar-refractivity contribution in [3.63, 3.8) is 0 Å². The lowest BCUT2D eigenvalue weighted by Gasteiger charge is -2.35. The molecule has 0 saturated carbocycles. The Bertz CT molecular complexity index is 1360. The Morgan fingerprint density at radius 3 is 2.21 bits per heavy atom. The van der Waals surface area contributed by atoms with Crippen LogP contribution in [0.5, 0.6) is 0 Å². The molecule has 1 saturated heterocycles. The summed E-state index contributed by atoms with van der Waals surface area (Å²) in [7, 11) is 0.